The Morgan fingerprint density at radius 1 is 1.25 bits per heavy atom. The Morgan fingerprint density at radius 3 is 2.50 bits per heavy atom. The van der Waals surface area contributed by atoms with Crippen LogP contribution >= 0.6 is 15.9 Å². The van der Waals surface area contributed by atoms with Crippen LogP contribution in [-0.2, 0) is 14.3 Å². The molecule has 1 spiro atoms. The second-order valence-electron chi connectivity index (χ2n) is 5.70. The van der Waals surface area contributed by atoms with Crippen LogP contribution in [0.25, 0.3) is 0 Å². The summed E-state index contributed by atoms with van der Waals surface area (Å²) < 4.78 is 6.31. The molecular formula is C15H16BrNO3. The maximum Gasteiger partial charge on any atom is 0.234 e. The number of methoxy groups -OCH3 is 1. The maximum absolute atomic E-state index is 12.3. The van der Waals surface area contributed by atoms with Gasteiger partial charge in [0.2, 0.25) is 11.8 Å². The predicted octanol–water partition coefficient (Wildman–Crippen LogP) is 2.37. The fourth-order valence-electron chi connectivity index (χ4n) is 3.51. The van der Waals surface area contributed by atoms with Crippen LogP contribution in [0.3, 0.4) is 0 Å². The maximum atomic E-state index is 12.3. The van der Waals surface area contributed by atoms with Crippen LogP contribution in [-0.4, -0.2) is 25.0 Å². The van der Waals surface area contributed by atoms with Gasteiger partial charge in [-0.2, -0.15) is 0 Å². The van der Waals surface area contributed by atoms with E-state index >= 15 is 0 Å². The molecule has 1 saturated carbocycles. The van der Waals surface area contributed by atoms with Gasteiger partial charge in [0.05, 0.1) is 12.0 Å². The Balaban J connectivity index is 1.94. The van der Waals surface area contributed by atoms with Gasteiger partial charge in [-0.3, -0.25) is 14.9 Å². The molecule has 4 nitrogen and oxygen atoms in total. The number of rotatable bonds is 2. The minimum atomic E-state index is -0.270. The quantitative estimate of drug-likeness (QED) is 0.843. The summed E-state index contributed by atoms with van der Waals surface area (Å²) in [5.74, 6) is -0.615. The summed E-state index contributed by atoms with van der Waals surface area (Å²) in [6.45, 7) is 0. The molecule has 1 heterocycles. The van der Waals surface area contributed by atoms with Crippen LogP contribution in [0.15, 0.2) is 28.7 Å². The first-order valence-electron chi connectivity index (χ1n) is 6.66. The zero-order valence-electron chi connectivity index (χ0n) is 11.2. The standard InChI is InChI=1S/C15H16BrNO3/c1-20-11-6-15(7-11)8-12(18)17-14(19)13(15)9-2-4-10(16)5-3-9/h2-5,11,13H,6-8H2,1H3,(H,17,18,19). The summed E-state index contributed by atoms with van der Waals surface area (Å²) in [5.41, 5.74) is 0.696. The fraction of sp³-hybridized carbons (Fsp3) is 0.467. The van der Waals surface area contributed by atoms with Crippen LogP contribution in [0, 0.1) is 5.41 Å². The highest BCUT2D eigenvalue weighted by atomic mass is 79.9. The summed E-state index contributed by atoms with van der Waals surface area (Å²) in [4.78, 5) is 24.0. The van der Waals surface area contributed by atoms with E-state index in [9.17, 15) is 9.59 Å². The molecule has 1 aliphatic carbocycles. The van der Waals surface area contributed by atoms with Gasteiger partial charge in [0, 0.05) is 18.0 Å². The predicted molar refractivity (Wildman–Crippen MR) is 77.1 cm³/mol. The number of amides is 2. The van der Waals surface area contributed by atoms with E-state index in [0.717, 1.165) is 22.9 Å². The molecule has 5 heteroatoms. The zero-order chi connectivity index (χ0) is 14.3. The lowest BCUT2D eigenvalue weighted by Crippen LogP contribution is -2.57. The number of carbonyl (C=O) groups excluding carboxylic acids is 2. The molecule has 0 aromatic heterocycles. The Labute approximate surface area is 126 Å². The third-order valence-electron chi connectivity index (χ3n) is 4.45. The van der Waals surface area contributed by atoms with Crippen molar-refractivity contribution in [3.63, 3.8) is 0 Å². The fourth-order valence-corrected chi connectivity index (χ4v) is 3.77. The molecule has 2 fully saturated rings. The monoisotopic (exact) mass is 337 g/mol. The highest BCUT2D eigenvalue weighted by Crippen LogP contribution is 2.56. The second kappa shape index (κ2) is 4.97. The zero-order valence-corrected chi connectivity index (χ0v) is 12.8. The molecule has 1 N–H and O–H groups in total. The highest BCUT2D eigenvalue weighted by Gasteiger charge is 2.56. The van der Waals surface area contributed by atoms with Crippen molar-refractivity contribution in [3.8, 4) is 0 Å². The van der Waals surface area contributed by atoms with E-state index in [1.54, 1.807) is 7.11 Å². The number of imide groups is 1. The molecule has 1 aromatic rings. The molecular weight excluding hydrogens is 322 g/mol. The van der Waals surface area contributed by atoms with Gasteiger partial charge in [-0.05, 0) is 36.0 Å². The Hall–Kier alpha value is -1.20. The number of piperidine rings is 1. The lowest BCUT2D eigenvalue weighted by atomic mass is 9.54. The number of hydrogen-bond donors (Lipinski definition) is 1. The van der Waals surface area contributed by atoms with Gasteiger partial charge in [-0.1, -0.05) is 28.1 Å². The van der Waals surface area contributed by atoms with Gasteiger partial charge in [0.25, 0.3) is 0 Å². The van der Waals surface area contributed by atoms with Crippen molar-refractivity contribution in [2.75, 3.05) is 7.11 Å². The van der Waals surface area contributed by atoms with Gasteiger partial charge in [0.1, 0.15) is 0 Å². The third kappa shape index (κ3) is 2.19. The molecule has 1 unspecified atom stereocenters. The van der Waals surface area contributed by atoms with Crippen molar-refractivity contribution in [2.24, 2.45) is 5.41 Å². The topological polar surface area (TPSA) is 55.4 Å². The molecule has 1 aromatic carbocycles. The van der Waals surface area contributed by atoms with Crippen molar-refractivity contribution >= 4 is 27.7 Å². The summed E-state index contributed by atoms with van der Waals surface area (Å²) in [5, 5.41) is 2.47. The van der Waals surface area contributed by atoms with Gasteiger partial charge >= 0.3 is 0 Å². The SMILES string of the molecule is COC1CC2(CC(=O)NC(=O)C2c2ccc(Br)cc2)C1. The minimum absolute atomic E-state index is 0.159. The molecule has 1 atom stereocenters. The van der Waals surface area contributed by atoms with Gasteiger partial charge < -0.3 is 4.74 Å². The smallest absolute Gasteiger partial charge is 0.234 e. The van der Waals surface area contributed by atoms with Gasteiger partial charge in [-0.15, -0.1) is 0 Å². The summed E-state index contributed by atoms with van der Waals surface area (Å²) in [7, 11) is 1.68. The minimum Gasteiger partial charge on any atom is -0.381 e. The van der Waals surface area contributed by atoms with Crippen LogP contribution in [0.2, 0.25) is 0 Å². The summed E-state index contributed by atoms with van der Waals surface area (Å²) in [6.07, 6.45) is 2.10. The van der Waals surface area contributed by atoms with Crippen molar-refractivity contribution in [2.45, 2.75) is 31.3 Å². The molecule has 0 radical (unpaired) electrons. The molecule has 20 heavy (non-hydrogen) atoms. The Bertz CT molecular complexity index is 549. The first-order valence-corrected chi connectivity index (χ1v) is 7.45. The van der Waals surface area contributed by atoms with Crippen LogP contribution in [0.4, 0.5) is 0 Å². The van der Waals surface area contributed by atoms with E-state index < -0.39 is 0 Å². The van der Waals surface area contributed by atoms with E-state index in [-0.39, 0.29) is 29.3 Å². The van der Waals surface area contributed by atoms with Gasteiger partial charge in [-0.25, -0.2) is 0 Å². The van der Waals surface area contributed by atoms with Crippen molar-refractivity contribution in [1.29, 1.82) is 0 Å². The first kappa shape index (κ1) is 13.8. The van der Waals surface area contributed by atoms with E-state index in [0.29, 0.717) is 6.42 Å². The van der Waals surface area contributed by atoms with Crippen LogP contribution in [0.1, 0.15) is 30.7 Å². The van der Waals surface area contributed by atoms with E-state index in [4.69, 9.17) is 4.74 Å². The number of hydrogen-bond acceptors (Lipinski definition) is 3. The van der Waals surface area contributed by atoms with Gasteiger partial charge in [0.15, 0.2) is 0 Å². The molecule has 2 amide bonds. The van der Waals surface area contributed by atoms with Crippen molar-refractivity contribution < 1.29 is 14.3 Å². The van der Waals surface area contributed by atoms with E-state index in [1.165, 1.54) is 0 Å². The number of nitrogens with one attached hydrogen (secondary N) is 1. The lowest BCUT2D eigenvalue weighted by Gasteiger charge is -2.52. The van der Waals surface area contributed by atoms with E-state index in [2.05, 4.69) is 21.2 Å². The molecule has 1 aliphatic heterocycles. The number of carbonyl (C=O) groups is 2. The highest BCUT2D eigenvalue weighted by molar-refractivity contribution is 9.10. The Kier molecular flexibility index (Phi) is 3.42. The average Bonchev–Trinajstić information content (AvgIpc) is 2.36. The Morgan fingerprint density at radius 2 is 1.90 bits per heavy atom. The van der Waals surface area contributed by atoms with Crippen molar-refractivity contribution in [1.82, 2.24) is 5.32 Å². The molecule has 106 valence electrons. The number of benzene rings is 1. The summed E-state index contributed by atoms with van der Waals surface area (Å²) >= 11 is 3.40. The number of halogens is 1. The molecule has 3 rings (SSSR count). The van der Waals surface area contributed by atoms with Crippen LogP contribution in [0.5, 0.6) is 0 Å². The lowest BCUT2D eigenvalue weighted by molar-refractivity contribution is -0.151. The van der Waals surface area contributed by atoms with Crippen molar-refractivity contribution in [3.05, 3.63) is 34.3 Å². The molecule has 1 saturated heterocycles. The number of ether oxygens (including phenoxy) is 1. The first-order chi connectivity index (χ1) is 9.54. The largest absolute Gasteiger partial charge is 0.381 e. The average molecular weight is 338 g/mol. The normalized spacial score (nSPS) is 32.9. The van der Waals surface area contributed by atoms with E-state index in [1.807, 2.05) is 24.3 Å². The summed E-state index contributed by atoms with van der Waals surface area (Å²) in [6, 6.07) is 7.76. The third-order valence-corrected chi connectivity index (χ3v) is 4.98. The molecule has 2 aliphatic rings. The van der Waals surface area contributed by atoms with Crippen LogP contribution < -0.4 is 5.32 Å². The molecule has 0 bridgehead atoms. The second-order valence-corrected chi connectivity index (χ2v) is 6.62.